The van der Waals surface area contributed by atoms with Crippen molar-refractivity contribution in [2.24, 2.45) is 0 Å². The second-order valence-corrected chi connectivity index (χ2v) is 15.1. The van der Waals surface area contributed by atoms with E-state index in [1.165, 1.54) is 33.2 Å². The predicted octanol–water partition coefficient (Wildman–Crippen LogP) is -1.64. The minimum atomic E-state index is -1.93. The lowest BCUT2D eigenvalue weighted by Gasteiger charge is -2.47. The molecule has 4 aliphatic rings. The van der Waals surface area contributed by atoms with Crippen LogP contribution in [-0.2, 0) is 23.7 Å². The Hall–Kier alpha value is -5.30. The average molecular weight is 857 g/mol. The first-order valence-electron chi connectivity index (χ1n) is 18.9. The average Bonchev–Trinajstić information content (AvgIpc) is 3.21. The van der Waals surface area contributed by atoms with Gasteiger partial charge < -0.3 is 85.4 Å². The summed E-state index contributed by atoms with van der Waals surface area (Å²) in [5.41, 5.74) is -3.82. The third kappa shape index (κ3) is 7.16. The van der Waals surface area contributed by atoms with E-state index in [1.54, 1.807) is 6.92 Å². The van der Waals surface area contributed by atoms with Gasteiger partial charge in [-0.1, -0.05) is 6.07 Å². The van der Waals surface area contributed by atoms with Gasteiger partial charge in [0.1, 0.15) is 65.7 Å². The summed E-state index contributed by atoms with van der Waals surface area (Å²) in [5.74, 6) is -7.18. The van der Waals surface area contributed by atoms with Gasteiger partial charge in [0.15, 0.2) is 30.2 Å². The van der Waals surface area contributed by atoms with Crippen molar-refractivity contribution in [2.45, 2.75) is 87.3 Å². The van der Waals surface area contributed by atoms with E-state index >= 15 is 0 Å². The highest BCUT2D eigenvalue weighted by Crippen LogP contribution is 2.57. The minimum Gasteiger partial charge on any atom is -0.507 e. The number of likely N-dealkylation sites (N-methyl/N-ethyl adjacent to an activating group) is 1. The fraction of sp³-hybridized carbons (Fsp3) is 0.450. The molecular weight excluding hydrogens is 812 g/mol. The van der Waals surface area contributed by atoms with Crippen molar-refractivity contribution < 1.29 is 93.9 Å². The Morgan fingerprint density at radius 3 is 2.15 bits per heavy atom. The molecule has 7 rings (SSSR count). The van der Waals surface area contributed by atoms with E-state index in [1.807, 2.05) is 0 Å². The molecule has 2 aliphatic carbocycles. The Labute approximate surface area is 345 Å². The van der Waals surface area contributed by atoms with Crippen LogP contribution in [0.3, 0.4) is 0 Å². The monoisotopic (exact) mass is 856 g/mol. The molecule has 0 spiro atoms. The molecule has 2 heterocycles. The molecule has 3 aromatic carbocycles. The Kier molecular flexibility index (Phi) is 11.9. The number of carbonyl (C=O) groups is 4. The van der Waals surface area contributed by atoms with E-state index < -0.39 is 161 Å². The van der Waals surface area contributed by atoms with E-state index in [2.05, 4.69) is 10.6 Å². The lowest BCUT2D eigenvalue weighted by molar-refractivity contribution is -0.339. The summed E-state index contributed by atoms with van der Waals surface area (Å²) in [6, 6.07) is 1.91. The summed E-state index contributed by atoms with van der Waals surface area (Å²) in [5, 5.41) is 114. The molecule has 21 nitrogen and oxygen atoms in total. The van der Waals surface area contributed by atoms with E-state index in [4.69, 9.17) is 23.7 Å². The molecule has 12 atom stereocenters. The van der Waals surface area contributed by atoms with E-state index in [0.29, 0.717) is 0 Å². The number of aryl methyl sites for hydroxylation is 1. The smallest absolute Gasteiger partial charge is 0.328 e. The molecule has 2 fully saturated rings. The summed E-state index contributed by atoms with van der Waals surface area (Å²) in [7, 11) is 2.78. The Balaban J connectivity index is 1.37. The molecule has 2 saturated heterocycles. The molecule has 1 amide bonds. The van der Waals surface area contributed by atoms with Crippen molar-refractivity contribution in [1.29, 1.82) is 0 Å². The van der Waals surface area contributed by atoms with Gasteiger partial charge in [-0.25, -0.2) is 4.79 Å². The first-order valence-corrected chi connectivity index (χ1v) is 18.9. The van der Waals surface area contributed by atoms with Crippen LogP contribution in [0.5, 0.6) is 23.0 Å². The summed E-state index contributed by atoms with van der Waals surface area (Å²) < 4.78 is 28.9. The third-order valence-electron chi connectivity index (χ3n) is 11.5. The second-order valence-electron chi connectivity index (χ2n) is 15.1. The Morgan fingerprint density at radius 1 is 0.852 bits per heavy atom. The number of ether oxygens (including phenoxy) is 5. The van der Waals surface area contributed by atoms with Crippen LogP contribution < -0.4 is 15.4 Å². The van der Waals surface area contributed by atoms with Gasteiger partial charge in [-0.05, 0) is 49.7 Å². The first-order chi connectivity index (χ1) is 28.9. The number of nitrogens with one attached hydrogen (secondary N) is 2. The summed E-state index contributed by atoms with van der Waals surface area (Å²) >= 11 is 0. The summed E-state index contributed by atoms with van der Waals surface area (Å²) in [4.78, 5) is 53.4. The van der Waals surface area contributed by atoms with Crippen molar-refractivity contribution in [3.8, 4) is 34.1 Å². The number of benzene rings is 3. The number of aliphatic hydroxyl groups is 6. The molecule has 0 unspecified atom stereocenters. The number of carbonyl (C=O) groups excluding carboxylic acids is 3. The molecule has 328 valence electrons. The maximum absolute atomic E-state index is 14.1. The van der Waals surface area contributed by atoms with Gasteiger partial charge >= 0.3 is 5.97 Å². The normalized spacial score (nSPS) is 29.8. The number of aromatic hydroxyl groups is 3. The molecule has 0 radical (unpaired) electrons. The van der Waals surface area contributed by atoms with Gasteiger partial charge in [-0.3, -0.25) is 14.4 Å². The van der Waals surface area contributed by atoms with Crippen molar-refractivity contribution >= 4 is 23.4 Å². The number of fused-ring (bicyclic) bond motifs is 5. The van der Waals surface area contributed by atoms with E-state index in [0.717, 1.165) is 12.1 Å². The van der Waals surface area contributed by atoms with Crippen molar-refractivity contribution in [3.05, 3.63) is 68.8 Å². The molecule has 0 aromatic heterocycles. The zero-order valence-corrected chi connectivity index (χ0v) is 32.8. The maximum atomic E-state index is 14.1. The molecular formula is C40H44N2O19. The molecule has 61 heavy (non-hydrogen) atoms. The maximum Gasteiger partial charge on any atom is 0.328 e. The first kappa shape index (κ1) is 43.8. The van der Waals surface area contributed by atoms with Gasteiger partial charge in [0.2, 0.25) is 0 Å². The molecule has 0 bridgehead atoms. The van der Waals surface area contributed by atoms with Crippen molar-refractivity contribution in [1.82, 2.24) is 10.6 Å². The number of rotatable bonds is 10. The van der Waals surface area contributed by atoms with Gasteiger partial charge in [-0.2, -0.15) is 0 Å². The number of phenolic OH excluding ortho intramolecular Hbond substituents is 3. The SMILES string of the molecule is CN[C@@H]1[C@H](O[C@@H]2OC[C@@H](O)[C@H](O)[C@H]2O)[C@@H](O)[C@H](O[C@H]2c3cc(C)c(C(=O)N[C@H](CO)C(=O)O)c(O)c3-c3c(cc4c(c3O)C(=O)c3cc(OC)cc(O)c3C4=O)[C@@H]2O)O[C@@H]1C. The lowest BCUT2D eigenvalue weighted by atomic mass is 9.74. The largest absolute Gasteiger partial charge is 0.507 e. The number of ketones is 2. The highest BCUT2D eigenvalue weighted by atomic mass is 16.7. The van der Waals surface area contributed by atoms with Crippen LogP contribution >= 0.6 is 0 Å². The fourth-order valence-corrected chi connectivity index (χ4v) is 8.38. The molecule has 0 saturated carbocycles. The quantitative estimate of drug-likeness (QED) is 0.0851. The highest BCUT2D eigenvalue weighted by molar-refractivity contribution is 6.31. The third-order valence-corrected chi connectivity index (χ3v) is 11.5. The van der Waals surface area contributed by atoms with Crippen LogP contribution in [0.25, 0.3) is 11.1 Å². The zero-order valence-electron chi connectivity index (χ0n) is 32.8. The van der Waals surface area contributed by atoms with Crippen molar-refractivity contribution in [2.75, 3.05) is 27.4 Å². The predicted molar refractivity (Wildman–Crippen MR) is 202 cm³/mol. The van der Waals surface area contributed by atoms with Crippen LogP contribution in [0, 0.1) is 6.92 Å². The minimum absolute atomic E-state index is 0.000623. The van der Waals surface area contributed by atoms with Gasteiger partial charge in [0, 0.05) is 28.3 Å². The highest BCUT2D eigenvalue weighted by Gasteiger charge is 2.51. The van der Waals surface area contributed by atoms with Crippen LogP contribution in [0.1, 0.15) is 78.0 Å². The summed E-state index contributed by atoms with van der Waals surface area (Å²) in [6.07, 6.45) is -15.7. The zero-order chi connectivity index (χ0) is 44.5. The number of aliphatic carboxylic acids is 1. The number of carboxylic acid groups (broad SMARTS) is 1. The molecule has 2 aliphatic heterocycles. The number of aliphatic hydroxyl groups excluding tert-OH is 6. The van der Waals surface area contributed by atoms with Crippen LogP contribution in [-0.4, -0.2) is 163 Å². The topological polar surface area (TPSA) is 341 Å². The molecule has 21 heteroatoms. The Morgan fingerprint density at radius 2 is 1.51 bits per heavy atom. The van der Waals surface area contributed by atoms with Gasteiger partial charge in [-0.15, -0.1) is 0 Å². The number of hydrogen-bond acceptors (Lipinski definition) is 19. The molecule has 3 aromatic rings. The second kappa shape index (κ2) is 16.5. The molecule has 12 N–H and O–H groups in total. The number of methoxy groups -OCH3 is 1. The summed E-state index contributed by atoms with van der Waals surface area (Å²) in [6.45, 7) is 1.46. The van der Waals surface area contributed by atoms with Crippen LogP contribution in [0.2, 0.25) is 0 Å². The number of hydrogen-bond donors (Lipinski definition) is 12. The Bertz CT molecular complexity index is 2300. The van der Waals surface area contributed by atoms with E-state index in [9.17, 15) is 70.2 Å². The lowest BCUT2D eigenvalue weighted by Crippen LogP contribution is -2.65. The number of carboxylic acids is 1. The van der Waals surface area contributed by atoms with Gasteiger partial charge in [0.05, 0.1) is 49.2 Å². The fourth-order valence-electron chi connectivity index (χ4n) is 8.38. The van der Waals surface area contributed by atoms with Crippen LogP contribution in [0.15, 0.2) is 24.3 Å². The van der Waals surface area contributed by atoms with Crippen LogP contribution in [0.4, 0.5) is 0 Å². The van der Waals surface area contributed by atoms with Crippen molar-refractivity contribution in [3.63, 3.8) is 0 Å². The van der Waals surface area contributed by atoms with Gasteiger partial charge in [0.25, 0.3) is 5.91 Å². The standard InChI is InChI=1S/C40H44N2O19/c1-11-5-17-24(31(50)21(11)37(54)42-18(9-43)38(55)56)23-15(8-16-25(32(23)51)28(47)14-6-13(57-4)7-19(44)22(14)27(16)46)29(48)35(17)60-40-34(53)36(26(41-3)12(2)59-40)61-39-33(52)30(49)20(45)10-58-39/h5-8,12,18,20,26,29-30,33-36,39-41,43-45,48-53H,9-10H2,1-4H3,(H,42,54)(H,55,56)/t12-,18-,20-,26+,29+,30+,33-,34-,35+,36+,39+,40+/m1/s1. The number of phenols is 3. The number of amides is 1. The van der Waals surface area contributed by atoms with E-state index in [-0.39, 0.29) is 28.0 Å².